The molecule has 0 unspecified atom stereocenters. The minimum absolute atomic E-state index is 0.219. The molecular formula is C24H24ClN5O. The molecule has 7 heteroatoms. The Morgan fingerprint density at radius 2 is 1.61 bits per heavy atom. The van der Waals surface area contributed by atoms with Gasteiger partial charge in [-0.2, -0.15) is 10.2 Å². The summed E-state index contributed by atoms with van der Waals surface area (Å²) in [5.41, 5.74) is 6.07. The van der Waals surface area contributed by atoms with Crippen LogP contribution in [-0.4, -0.2) is 32.0 Å². The van der Waals surface area contributed by atoms with Gasteiger partial charge < -0.3 is 5.32 Å². The fourth-order valence-corrected chi connectivity index (χ4v) is 3.96. The van der Waals surface area contributed by atoms with Crippen molar-refractivity contribution < 1.29 is 4.79 Å². The molecule has 0 aliphatic carbocycles. The molecule has 0 saturated carbocycles. The maximum absolute atomic E-state index is 12.7. The molecule has 158 valence electrons. The molecule has 0 aliphatic rings. The minimum Gasteiger partial charge on any atom is -0.352 e. The Kier molecular flexibility index (Phi) is 5.91. The van der Waals surface area contributed by atoms with Crippen LogP contribution in [0.15, 0.2) is 60.7 Å². The summed E-state index contributed by atoms with van der Waals surface area (Å²) < 4.78 is 3.51. The van der Waals surface area contributed by atoms with E-state index in [4.69, 9.17) is 11.6 Å². The molecule has 31 heavy (non-hydrogen) atoms. The van der Waals surface area contributed by atoms with Gasteiger partial charge in [0.25, 0.3) is 5.91 Å². The molecule has 0 bridgehead atoms. The van der Waals surface area contributed by atoms with Crippen LogP contribution >= 0.6 is 11.6 Å². The Morgan fingerprint density at radius 1 is 0.935 bits per heavy atom. The summed E-state index contributed by atoms with van der Waals surface area (Å²) in [4.78, 5) is 12.7. The highest BCUT2D eigenvalue weighted by Crippen LogP contribution is 2.23. The maximum atomic E-state index is 12.7. The number of rotatable bonds is 6. The van der Waals surface area contributed by atoms with Gasteiger partial charge in [-0.1, -0.05) is 41.9 Å². The average molecular weight is 434 g/mol. The molecule has 0 spiro atoms. The molecule has 0 radical (unpaired) electrons. The summed E-state index contributed by atoms with van der Waals surface area (Å²) in [6.45, 7) is 6.32. The van der Waals surface area contributed by atoms with Gasteiger partial charge in [0, 0.05) is 12.2 Å². The molecule has 6 nitrogen and oxygen atoms in total. The van der Waals surface area contributed by atoms with Gasteiger partial charge in [0.05, 0.1) is 28.3 Å². The molecule has 1 amide bonds. The number of carbonyl (C=O) groups excluding carboxylic acids is 1. The second-order valence-electron chi connectivity index (χ2n) is 7.51. The van der Waals surface area contributed by atoms with Crippen molar-refractivity contribution in [1.29, 1.82) is 0 Å². The fraction of sp³-hybridized carbons (Fsp3) is 0.208. The average Bonchev–Trinajstić information content (AvgIpc) is 3.26. The van der Waals surface area contributed by atoms with Gasteiger partial charge in [0.15, 0.2) is 0 Å². The van der Waals surface area contributed by atoms with E-state index >= 15 is 0 Å². The SMILES string of the molecule is Cc1cc(C)n(-c2ccc(CCNC(=O)c3c(C)nn(-c4ccccc4)c3Cl)cc2)n1. The first-order valence-corrected chi connectivity index (χ1v) is 10.5. The van der Waals surface area contributed by atoms with Crippen LogP contribution in [-0.2, 0) is 6.42 Å². The van der Waals surface area contributed by atoms with Crippen LogP contribution < -0.4 is 5.32 Å². The van der Waals surface area contributed by atoms with Gasteiger partial charge in [0.2, 0.25) is 0 Å². The smallest absolute Gasteiger partial charge is 0.256 e. The summed E-state index contributed by atoms with van der Waals surface area (Å²) in [5.74, 6) is -0.219. The number of amides is 1. The van der Waals surface area contributed by atoms with E-state index in [0.717, 1.165) is 28.3 Å². The van der Waals surface area contributed by atoms with E-state index in [1.807, 2.05) is 61.0 Å². The molecular weight excluding hydrogens is 410 g/mol. The quantitative estimate of drug-likeness (QED) is 0.483. The number of carbonyl (C=O) groups is 1. The number of para-hydroxylation sites is 1. The molecule has 2 heterocycles. The first-order valence-electron chi connectivity index (χ1n) is 10.2. The molecule has 2 aromatic carbocycles. The molecule has 2 aromatic heterocycles. The Balaban J connectivity index is 1.40. The lowest BCUT2D eigenvalue weighted by Gasteiger charge is -2.08. The lowest BCUT2D eigenvalue weighted by Crippen LogP contribution is -2.26. The summed E-state index contributed by atoms with van der Waals surface area (Å²) >= 11 is 6.48. The first-order chi connectivity index (χ1) is 14.9. The van der Waals surface area contributed by atoms with Crippen molar-refractivity contribution in [3.05, 3.63) is 94.0 Å². The Bertz CT molecular complexity index is 1210. The van der Waals surface area contributed by atoms with Crippen LogP contribution in [0.2, 0.25) is 5.15 Å². The molecule has 0 aliphatic heterocycles. The van der Waals surface area contributed by atoms with Crippen molar-refractivity contribution in [3.63, 3.8) is 0 Å². The fourth-order valence-electron chi connectivity index (χ4n) is 3.60. The summed E-state index contributed by atoms with van der Waals surface area (Å²) in [6.07, 6.45) is 0.715. The van der Waals surface area contributed by atoms with Crippen LogP contribution in [0, 0.1) is 20.8 Å². The minimum atomic E-state index is -0.219. The largest absolute Gasteiger partial charge is 0.352 e. The number of benzene rings is 2. The number of nitrogens with zero attached hydrogens (tertiary/aromatic N) is 4. The zero-order valence-electron chi connectivity index (χ0n) is 17.8. The Morgan fingerprint density at radius 3 is 2.26 bits per heavy atom. The standard InChI is InChI=1S/C24H24ClN5O/c1-16-15-17(2)29(27-16)21-11-9-19(10-12-21)13-14-26-24(31)22-18(3)28-30(23(22)25)20-7-5-4-6-8-20/h4-12,15H,13-14H2,1-3H3,(H,26,31). The number of aryl methyl sites for hydroxylation is 3. The van der Waals surface area contributed by atoms with Gasteiger partial charge in [0.1, 0.15) is 5.15 Å². The molecule has 0 fully saturated rings. The lowest BCUT2D eigenvalue weighted by molar-refractivity contribution is 0.0953. The number of aromatic nitrogens is 4. The van der Waals surface area contributed by atoms with E-state index in [2.05, 4.69) is 33.7 Å². The van der Waals surface area contributed by atoms with Crippen LogP contribution in [0.25, 0.3) is 11.4 Å². The molecule has 0 saturated heterocycles. The van der Waals surface area contributed by atoms with Crippen molar-refractivity contribution in [1.82, 2.24) is 24.9 Å². The zero-order chi connectivity index (χ0) is 22.0. The third kappa shape index (κ3) is 4.39. The number of hydrogen-bond acceptors (Lipinski definition) is 3. The summed E-state index contributed by atoms with van der Waals surface area (Å²) in [7, 11) is 0. The second-order valence-corrected chi connectivity index (χ2v) is 7.87. The van der Waals surface area contributed by atoms with Crippen LogP contribution in [0.3, 0.4) is 0 Å². The third-order valence-electron chi connectivity index (χ3n) is 5.12. The topological polar surface area (TPSA) is 64.7 Å². The highest BCUT2D eigenvalue weighted by Gasteiger charge is 2.20. The predicted octanol–water partition coefficient (Wildman–Crippen LogP) is 4.61. The van der Waals surface area contributed by atoms with E-state index < -0.39 is 0 Å². The van der Waals surface area contributed by atoms with Gasteiger partial charge in [-0.15, -0.1) is 0 Å². The van der Waals surface area contributed by atoms with Crippen molar-refractivity contribution >= 4 is 17.5 Å². The summed E-state index contributed by atoms with van der Waals surface area (Å²) in [6, 6.07) is 19.8. The molecule has 1 N–H and O–H groups in total. The third-order valence-corrected chi connectivity index (χ3v) is 5.47. The van der Waals surface area contributed by atoms with Gasteiger partial charge in [-0.05, 0) is 63.1 Å². The van der Waals surface area contributed by atoms with Crippen molar-refractivity contribution in [2.24, 2.45) is 0 Å². The number of hydrogen-bond donors (Lipinski definition) is 1. The molecule has 4 rings (SSSR count). The highest BCUT2D eigenvalue weighted by molar-refractivity contribution is 6.33. The van der Waals surface area contributed by atoms with Crippen LogP contribution in [0.1, 0.15) is 33.0 Å². The van der Waals surface area contributed by atoms with E-state index in [9.17, 15) is 4.79 Å². The lowest BCUT2D eigenvalue weighted by atomic mass is 10.1. The maximum Gasteiger partial charge on any atom is 0.256 e. The van der Waals surface area contributed by atoms with Crippen molar-refractivity contribution in [2.45, 2.75) is 27.2 Å². The predicted molar refractivity (Wildman–Crippen MR) is 122 cm³/mol. The van der Waals surface area contributed by atoms with Crippen LogP contribution in [0.4, 0.5) is 0 Å². The Labute approximate surface area is 186 Å². The zero-order valence-corrected chi connectivity index (χ0v) is 18.5. The molecule has 0 atom stereocenters. The first kappa shape index (κ1) is 20.9. The normalized spacial score (nSPS) is 11.0. The number of nitrogens with one attached hydrogen (secondary N) is 1. The van der Waals surface area contributed by atoms with E-state index in [1.54, 1.807) is 11.6 Å². The molecule has 4 aromatic rings. The van der Waals surface area contributed by atoms with Crippen molar-refractivity contribution in [2.75, 3.05) is 6.54 Å². The Hall–Kier alpha value is -3.38. The van der Waals surface area contributed by atoms with E-state index in [0.29, 0.717) is 29.4 Å². The summed E-state index contributed by atoms with van der Waals surface area (Å²) in [5, 5.41) is 12.2. The van der Waals surface area contributed by atoms with E-state index in [1.165, 1.54) is 0 Å². The van der Waals surface area contributed by atoms with Gasteiger partial charge >= 0.3 is 0 Å². The monoisotopic (exact) mass is 433 g/mol. The number of halogens is 1. The van der Waals surface area contributed by atoms with E-state index in [-0.39, 0.29) is 5.91 Å². The highest BCUT2D eigenvalue weighted by atomic mass is 35.5. The van der Waals surface area contributed by atoms with Crippen molar-refractivity contribution in [3.8, 4) is 11.4 Å². The van der Waals surface area contributed by atoms with Gasteiger partial charge in [-0.25, -0.2) is 9.36 Å². The van der Waals surface area contributed by atoms with Gasteiger partial charge in [-0.3, -0.25) is 4.79 Å². The second kappa shape index (κ2) is 8.78. The van der Waals surface area contributed by atoms with Crippen LogP contribution in [0.5, 0.6) is 0 Å².